The van der Waals surface area contributed by atoms with Crippen molar-refractivity contribution in [2.24, 2.45) is 0 Å². The molecular weight excluding hydrogens is 252 g/mol. The van der Waals surface area contributed by atoms with Gasteiger partial charge >= 0.3 is 12.0 Å². The number of aliphatic carboxylic acids is 1. The van der Waals surface area contributed by atoms with Crippen LogP contribution < -0.4 is 5.32 Å². The van der Waals surface area contributed by atoms with Crippen LogP contribution in [0.2, 0.25) is 0 Å². The quantitative estimate of drug-likeness (QED) is 0.817. The van der Waals surface area contributed by atoms with Gasteiger partial charge in [0.2, 0.25) is 0 Å². The smallest absolute Gasteiger partial charge is 0.317 e. The van der Waals surface area contributed by atoms with E-state index in [0.717, 1.165) is 37.2 Å². The Labute approximate surface area is 111 Å². The summed E-state index contributed by atoms with van der Waals surface area (Å²) in [5.41, 5.74) is 0. The standard InChI is InChI=1S/C12H20N2O3S/c15-11(16)7-10-3-1-2-5-14(10)12(17)13-9-4-6-18-8-9/h9-10H,1-8H2,(H,13,17)(H,15,16). The number of likely N-dealkylation sites (tertiary alicyclic amines) is 1. The maximum atomic E-state index is 12.2. The molecule has 0 aromatic carbocycles. The van der Waals surface area contributed by atoms with E-state index < -0.39 is 5.97 Å². The fraction of sp³-hybridized carbons (Fsp3) is 0.833. The highest BCUT2D eigenvalue weighted by Gasteiger charge is 2.30. The van der Waals surface area contributed by atoms with Crippen LogP contribution in [0.4, 0.5) is 4.79 Å². The Morgan fingerprint density at radius 1 is 1.33 bits per heavy atom. The van der Waals surface area contributed by atoms with Gasteiger partial charge in [-0.1, -0.05) is 0 Å². The van der Waals surface area contributed by atoms with Crippen LogP contribution >= 0.6 is 11.8 Å². The fourth-order valence-corrected chi connectivity index (χ4v) is 3.74. The van der Waals surface area contributed by atoms with Gasteiger partial charge in [-0.15, -0.1) is 0 Å². The monoisotopic (exact) mass is 272 g/mol. The molecule has 0 aromatic heterocycles. The Hall–Kier alpha value is -0.910. The fourth-order valence-electron chi connectivity index (χ4n) is 2.59. The normalized spacial score (nSPS) is 28.1. The summed E-state index contributed by atoms with van der Waals surface area (Å²) in [5, 5.41) is 11.9. The maximum absolute atomic E-state index is 12.2. The molecule has 18 heavy (non-hydrogen) atoms. The number of urea groups is 1. The topological polar surface area (TPSA) is 69.6 Å². The number of hydrogen-bond acceptors (Lipinski definition) is 3. The molecule has 0 aliphatic carbocycles. The lowest BCUT2D eigenvalue weighted by Gasteiger charge is -2.35. The molecule has 2 aliphatic heterocycles. The molecule has 2 N–H and O–H groups in total. The average molecular weight is 272 g/mol. The van der Waals surface area contributed by atoms with E-state index in [9.17, 15) is 9.59 Å². The van der Waals surface area contributed by atoms with Crippen LogP contribution in [-0.4, -0.2) is 52.1 Å². The summed E-state index contributed by atoms with van der Waals surface area (Å²) in [4.78, 5) is 24.7. The van der Waals surface area contributed by atoms with Crippen molar-refractivity contribution in [3.05, 3.63) is 0 Å². The third-order valence-corrected chi connectivity index (χ3v) is 4.72. The van der Waals surface area contributed by atoms with E-state index in [1.54, 1.807) is 4.90 Å². The molecule has 2 unspecified atom stereocenters. The van der Waals surface area contributed by atoms with Gasteiger partial charge in [-0.2, -0.15) is 11.8 Å². The number of rotatable bonds is 3. The first-order valence-electron chi connectivity index (χ1n) is 6.53. The lowest BCUT2D eigenvalue weighted by atomic mass is 10.00. The van der Waals surface area contributed by atoms with Crippen LogP contribution in [0.5, 0.6) is 0 Å². The summed E-state index contributed by atoms with van der Waals surface area (Å²) in [6.07, 6.45) is 3.88. The number of carboxylic acids is 1. The summed E-state index contributed by atoms with van der Waals surface area (Å²) in [6.45, 7) is 0.684. The Morgan fingerprint density at radius 2 is 2.17 bits per heavy atom. The molecular formula is C12H20N2O3S. The summed E-state index contributed by atoms with van der Waals surface area (Å²) in [7, 11) is 0. The van der Waals surface area contributed by atoms with E-state index in [1.807, 2.05) is 11.8 Å². The van der Waals surface area contributed by atoms with Crippen molar-refractivity contribution in [2.75, 3.05) is 18.1 Å². The Morgan fingerprint density at radius 3 is 2.83 bits per heavy atom. The molecule has 2 saturated heterocycles. The minimum Gasteiger partial charge on any atom is -0.481 e. The van der Waals surface area contributed by atoms with Crippen LogP contribution in [-0.2, 0) is 4.79 Å². The van der Waals surface area contributed by atoms with Crippen LogP contribution in [0.15, 0.2) is 0 Å². The predicted molar refractivity (Wildman–Crippen MR) is 70.9 cm³/mol. The van der Waals surface area contributed by atoms with Crippen molar-refractivity contribution >= 4 is 23.8 Å². The van der Waals surface area contributed by atoms with Gasteiger partial charge in [-0.25, -0.2) is 4.79 Å². The van der Waals surface area contributed by atoms with Gasteiger partial charge in [0.25, 0.3) is 0 Å². The Balaban J connectivity index is 1.90. The lowest BCUT2D eigenvalue weighted by molar-refractivity contribution is -0.138. The summed E-state index contributed by atoms with van der Waals surface area (Å²) < 4.78 is 0. The highest BCUT2D eigenvalue weighted by molar-refractivity contribution is 7.99. The number of carboxylic acid groups (broad SMARTS) is 1. The van der Waals surface area contributed by atoms with E-state index in [2.05, 4.69) is 5.32 Å². The number of piperidine rings is 1. The number of amides is 2. The Bertz CT molecular complexity index is 318. The largest absolute Gasteiger partial charge is 0.481 e. The zero-order chi connectivity index (χ0) is 13.0. The Kier molecular flexibility index (Phi) is 4.74. The first-order chi connectivity index (χ1) is 8.66. The second kappa shape index (κ2) is 6.31. The van der Waals surface area contributed by atoms with E-state index in [4.69, 9.17) is 5.11 Å². The maximum Gasteiger partial charge on any atom is 0.317 e. The molecule has 0 radical (unpaired) electrons. The van der Waals surface area contributed by atoms with Crippen LogP contribution in [0.3, 0.4) is 0 Å². The van der Waals surface area contributed by atoms with Crippen LogP contribution in [0, 0.1) is 0 Å². The molecule has 0 bridgehead atoms. The molecule has 102 valence electrons. The SMILES string of the molecule is O=C(O)CC1CCCCN1C(=O)NC1CCSC1. The minimum absolute atomic E-state index is 0.0623. The summed E-state index contributed by atoms with van der Waals surface area (Å²) in [5.74, 6) is 1.25. The van der Waals surface area contributed by atoms with E-state index in [0.29, 0.717) is 6.54 Å². The molecule has 2 amide bonds. The van der Waals surface area contributed by atoms with Crippen molar-refractivity contribution in [1.82, 2.24) is 10.2 Å². The van der Waals surface area contributed by atoms with Gasteiger partial charge in [-0.3, -0.25) is 4.79 Å². The zero-order valence-corrected chi connectivity index (χ0v) is 11.2. The number of carbonyl (C=O) groups excluding carboxylic acids is 1. The molecule has 0 saturated carbocycles. The third kappa shape index (κ3) is 3.54. The van der Waals surface area contributed by atoms with E-state index in [-0.39, 0.29) is 24.5 Å². The van der Waals surface area contributed by atoms with Gasteiger partial charge < -0.3 is 15.3 Å². The number of thioether (sulfide) groups is 1. The van der Waals surface area contributed by atoms with Gasteiger partial charge in [0.1, 0.15) is 0 Å². The van der Waals surface area contributed by atoms with Gasteiger partial charge in [0.15, 0.2) is 0 Å². The van der Waals surface area contributed by atoms with E-state index >= 15 is 0 Å². The van der Waals surface area contributed by atoms with Crippen LogP contribution in [0.25, 0.3) is 0 Å². The first kappa shape index (κ1) is 13.5. The van der Waals surface area contributed by atoms with Gasteiger partial charge in [-0.05, 0) is 31.4 Å². The molecule has 2 atom stereocenters. The van der Waals surface area contributed by atoms with Gasteiger partial charge in [0.05, 0.1) is 6.42 Å². The van der Waals surface area contributed by atoms with Crippen molar-refractivity contribution in [1.29, 1.82) is 0 Å². The van der Waals surface area contributed by atoms with E-state index in [1.165, 1.54) is 0 Å². The molecule has 5 nitrogen and oxygen atoms in total. The summed E-state index contributed by atoms with van der Waals surface area (Å²) >= 11 is 1.85. The highest BCUT2D eigenvalue weighted by atomic mass is 32.2. The molecule has 6 heteroatoms. The average Bonchev–Trinajstić information content (AvgIpc) is 2.81. The van der Waals surface area contributed by atoms with Gasteiger partial charge in [0, 0.05) is 24.4 Å². The molecule has 2 aliphatic rings. The number of hydrogen-bond donors (Lipinski definition) is 2. The zero-order valence-electron chi connectivity index (χ0n) is 10.4. The first-order valence-corrected chi connectivity index (χ1v) is 7.69. The minimum atomic E-state index is -0.823. The lowest BCUT2D eigenvalue weighted by Crippen LogP contribution is -2.51. The molecule has 0 spiro atoms. The second-order valence-electron chi connectivity index (χ2n) is 4.95. The van der Waals surface area contributed by atoms with Crippen molar-refractivity contribution in [2.45, 2.75) is 44.2 Å². The number of nitrogens with one attached hydrogen (secondary N) is 1. The van der Waals surface area contributed by atoms with Crippen molar-refractivity contribution in [3.63, 3.8) is 0 Å². The van der Waals surface area contributed by atoms with Crippen molar-refractivity contribution < 1.29 is 14.7 Å². The third-order valence-electron chi connectivity index (χ3n) is 3.56. The number of nitrogens with zero attached hydrogens (tertiary/aromatic N) is 1. The number of carbonyl (C=O) groups is 2. The van der Waals surface area contributed by atoms with Crippen molar-refractivity contribution in [3.8, 4) is 0 Å². The molecule has 2 fully saturated rings. The molecule has 2 rings (SSSR count). The molecule has 2 heterocycles. The summed E-state index contributed by atoms with van der Waals surface area (Å²) in [6, 6.07) is 0.0497. The molecule has 0 aromatic rings. The second-order valence-corrected chi connectivity index (χ2v) is 6.10. The highest BCUT2D eigenvalue weighted by Crippen LogP contribution is 2.21. The predicted octanol–water partition coefficient (Wildman–Crippen LogP) is 1.53. The van der Waals surface area contributed by atoms with Crippen LogP contribution in [0.1, 0.15) is 32.1 Å².